The topological polar surface area (TPSA) is 76.1 Å². The van der Waals surface area contributed by atoms with Crippen molar-refractivity contribution in [1.29, 1.82) is 0 Å². The Balaban J connectivity index is 1.17. The molecule has 3 heterocycles. The summed E-state index contributed by atoms with van der Waals surface area (Å²) in [6.45, 7) is 1.51. The van der Waals surface area contributed by atoms with Crippen LogP contribution < -0.4 is 21.3 Å². The summed E-state index contributed by atoms with van der Waals surface area (Å²) in [5, 5.41) is 4.70. The highest BCUT2D eigenvalue weighted by Gasteiger charge is 2.40. The molecule has 2 aromatic heterocycles. The van der Waals surface area contributed by atoms with Crippen LogP contribution in [0.5, 0.6) is 5.75 Å². The number of unbranched alkanes of at least 4 members (excludes halogenated alkanes) is 1. The Morgan fingerprint density at radius 2 is 2.00 bits per heavy atom. The molecule has 2 aromatic carbocycles. The molecule has 2 N–H and O–H groups in total. The van der Waals surface area contributed by atoms with Crippen LogP contribution in [0, 0.1) is 5.92 Å². The summed E-state index contributed by atoms with van der Waals surface area (Å²) in [7, 11) is 1.76. The molecule has 7 heteroatoms. The smallest absolute Gasteiger partial charge is 0.328 e. The summed E-state index contributed by atoms with van der Waals surface area (Å²) >= 11 is 1.46. The first-order valence-electron chi connectivity index (χ1n) is 12.2. The zero-order valence-electron chi connectivity index (χ0n) is 19.3. The minimum atomic E-state index is -0.312. The average Bonchev–Trinajstić information content (AvgIpc) is 3.45. The second-order valence-corrected chi connectivity index (χ2v) is 10.6. The third-order valence-corrected chi connectivity index (χ3v) is 8.91. The number of thiophene rings is 1. The number of aromatic amines is 1. The van der Waals surface area contributed by atoms with Crippen molar-refractivity contribution in [2.24, 2.45) is 5.92 Å². The molecule has 6 nitrogen and oxygen atoms in total. The van der Waals surface area contributed by atoms with E-state index in [0.717, 1.165) is 48.1 Å². The number of rotatable bonds is 6. The molecular weight excluding hydrogens is 446 g/mol. The molecule has 3 atom stereocenters. The highest BCUT2D eigenvalue weighted by molar-refractivity contribution is 7.25. The van der Waals surface area contributed by atoms with E-state index in [0.29, 0.717) is 34.6 Å². The molecule has 0 radical (unpaired) electrons. The van der Waals surface area contributed by atoms with Gasteiger partial charge in [0.05, 0.1) is 12.6 Å². The van der Waals surface area contributed by atoms with E-state index in [4.69, 9.17) is 4.74 Å². The standard InChI is InChI=1S/C27H29N3O3S/c1-33-21-10-6-8-18-17(21)13-12-16-15-28-20(23(16)18)9-4-5-14-30-26(31)25-24(29-27(30)32)19-7-2-3-11-22(19)34-25/h2-3,6-8,10-11,16,20,23,28H,4-5,9,12-15H2,1H3,(H,29,32)/t16-,20?,23+/m0/s1. The molecule has 0 saturated carbocycles. The van der Waals surface area contributed by atoms with Crippen molar-refractivity contribution in [1.82, 2.24) is 14.9 Å². The van der Waals surface area contributed by atoms with E-state index in [1.54, 1.807) is 7.11 Å². The van der Waals surface area contributed by atoms with Crippen LogP contribution in [0.3, 0.4) is 0 Å². The van der Waals surface area contributed by atoms with Gasteiger partial charge in [-0.3, -0.25) is 9.36 Å². The highest BCUT2D eigenvalue weighted by Crippen LogP contribution is 2.45. The van der Waals surface area contributed by atoms with E-state index >= 15 is 0 Å². The molecule has 4 aromatic rings. The van der Waals surface area contributed by atoms with Gasteiger partial charge in [0.2, 0.25) is 0 Å². The zero-order chi connectivity index (χ0) is 23.2. The predicted molar refractivity (Wildman–Crippen MR) is 137 cm³/mol. The van der Waals surface area contributed by atoms with Gasteiger partial charge in [-0.2, -0.15) is 0 Å². The molecule has 1 aliphatic heterocycles. The lowest BCUT2D eigenvalue weighted by Gasteiger charge is -2.32. The summed E-state index contributed by atoms with van der Waals surface area (Å²) in [5.74, 6) is 2.20. The fraction of sp³-hybridized carbons (Fsp3) is 0.407. The van der Waals surface area contributed by atoms with Crippen molar-refractivity contribution in [3.63, 3.8) is 0 Å². The number of methoxy groups -OCH3 is 1. The van der Waals surface area contributed by atoms with Crippen molar-refractivity contribution < 1.29 is 4.74 Å². The van der Waals surface area contributed by atoms with Gasteiger partial charge in [-0.05, 0) is 61.4 Å². The molecule has 1 unspecified atom stereocenters. The Bertz CT molecular complexity index is 1480. The number of hydrogen-bond acceptors (Lipinski definition) is 5. The number of aromatic nitrogens is 2. The van der Waals surface area contributed by atoms with Gasteiger partial charge in [0.25, 0.3) is 5.56 Å². The third kappa shape index (κ3) is 3.49. The van der Waals surface area contributed by atoms with Gasteiger partial charge in [-0.25, -0.2) is 4.79 Å². The Hall–Kier alpha value is -2.90. The predicted octanol–water partition coefficient (Wildman–Crippen LogP) is 4.40. The van der Waals surface area contributed by atoms with Crippen LogP contribution in [-0.4, -0.2) is 29.2 Å². The lowest BCUT2D eigenvalue weighted by molar-refractivity contribution is 0.373. The van der Waals surface area contributed by atoms with Crippen molar-refractivity contribution in [2.75, 3.05) is 13.7 Å². The molecule has 0 bridgehead atoms. The molecule has 2 aliphatic rings. The normalized spacial score (nSPS) is 21.6. The first kappa shape index (κ1) is 21.6. The average molecular weight is 476 g/mol. The Morgan fingerprint density at radius 3 is 2.88 bits per heavy atom. The quantitative estimate of drug-likeness (QED) is 0.405. The van der Waals surface area contributed by atoms with Crippen molar-refractivity contribution >= 4 is 31.6 Å². The van der Waals surface area contributed by atoms with Crippen LogP contribution in [0.25, 0.3) is 20.3 Å². The minimum Gasteiger partial charge on any atom is -0.496 e. The van der Waals surface area contributed by atoms with Crippen LogP contribution >= 0.6 is 11.3 Å². The first-order chi connectivity index (χ1) is 16.7. The molecule has 0 spiro atoms. The highest BCUT2D eigenvalue weighted by atomic mass is 32.1. The van der Waals surface area contributed by atoms with Crippen LogP contribution in [0.4, 0.5) is 0 Å². The van der Waals surface area contributed by atoms with Crippen molar-refractivity contribution in [2.45, 2.75) is 50.6 Å². The van der Waals surface area contributed by atoms with E-state index in [1.165, 1.54) is 33.5 Å². The number of H-pyrrole nitrogens is 1. The van der Waals surface area contributed by atoms with Gasteiger partial charge in [0.15, 0.2) is 0 Å². The first-order valence-corrected chi connectivity index (χ1v) is 13.0. The van der Waals surface area contributed by atoms with Gasteiger partial charge >= 0.3 is 5.69 Å². The summed E-state index contributed by atoms with van der Waals surface area (Å²) in [6, 6.07) is 14.7. The molecule has 34 heavy (non-hydrogen) atoms. The minimum absolute atomic E-state index is 0.174. The summed E-state index contributed by atoms with van der Waals surface area (Å²) in [6.07, 6.45) is 5.09. The van der Waals surface area contributed by atoms with Gasteiger partial charge in [0.1, 0.15) is 10.4 Å². The van der Waals surface area contributed by atoms with E-state index in [1.807, 2.05) is 24.3 Å². The maximum atomic E-state index is 13.1. The van der Waals surface area contributed by atoms with Crippen LogP contribution in [-0.2, 0) is 13.0 Å². The fourth-order valence-electron chi connectivity index (χ4n) is 6.15. The van der Waals surface area contributed by atoms with E-state index in [9.17, 15) is 9.59 Å². The fourth-order valence-corrected chi connectivity index (χ4v) is 7.26. The lowest BCUT2D eigenvalue weighted by Crippen LogP contribution is -2.34. The van der Waals surface area contributed by atoms with E-state index in [2.05, 4.69) is 28.5 Å². The van der Waals surface area contributed by atoms with Gasteiger partial charge in [-0.15, -0.1) is 11.3 Å². The molecule has 1 aliphatic carbocycles. The zero-order valence-corrected chi connectivity index (χ0v) is 20.1. The molecule has 1 fully saturated rings. The second kappa shape index (κ2) is 8.71. The van der Waals surface area contributed by atoms with E-state index < -0.39 is 0 Å². The molecular formula is C27H29N3O3S. The van der Waals surface area contributed by atoms with Gasteiger partial charge in [-0.1, -0.05) is 36.8 Å². The van der Waals surface area contributed by atoms with Crippen LogP contribution in [0.1, 0.15) is 42.7 Å². The molecule has 176 valence electrons. The molecule has 1 saturated heterocycles. The molecule has 0 amide bonds. The van der Waals surface area contributed by atoms with Crippen LogP contribution in [0.2, 0.25) is 0 Å². The molecule has 6 rings (SSSR count). The maximum absolute atomic E-state index is 13.1. The van der Waals surface area contributed by atoms with Gasteiger partial charge in [0, 0.05) is 28.6 Å². The number of hydrogen-bond donors (Lipinski definition) is 2. The lowest BCUT2D eigenvalue weighted by atomic mass is 9.73. The van der Waals surface area contributed by atoms with Crippen LogP contribution in [0.15, 0.2) is 52.1 Å². The summed E-state index contributed by atoms with van der Waals surface area (Å²) < 4.78 is 8.67. The van der Waals surface area contributed by atoms with E-state index in [-0.39, 0.29) is 11.2 Å². The Morgan fingerprint density at radius 1 is 1.12 bits per heavy atom. The maximum Gasteiger partial charge on any atom is 0.328 e. The number of ether oxygens (including phenoxy) is 1. The number of nitrogens with one attached hydrogen (secondary N) is 2. The van der Waals surface area contributed by atoms with Crippen molar-refractivity contribution in [3.8, 4) is 5.75 Å². The third-order valence-electron chi connectivity index (χ3n) is 7.76. The summed E-state index contributed by atoms with van der Waals surface area (Å²) in [4.78, 5) is 28.8. The number of fused-ring (bicyclic) bond motifs is 6. The van der Waals surface area contributed by atoms with Crippen molar-refractivity contribution in [3.05, 3.63) is 74.4 Å². The monoisotopic (exact) mass is 475 g/mol. The number of nitrogens with zero attached hydrogens (tertiary/aromatic N) is 1. The Labute approximate surface area is 201 Å². The summed E-state index contributed by atoms with van der Waals surface area (Å²) in [5.41, 5.74) is 2.99. The van der Waals surface area contributed by atoms with Gasteiger partial charge < -0.3 is 15.0 Å². The SMILES string of the molecule is COc1cccc2c1CC[C@H]1CNC(CCCCn3c(=O)[nH]c4c(sc5ccccc54)c3=O)[C@@H]21. The second-order valence-electron chi connectivity index (χ2n) is 9.55. The largest absolute Gasteiger partial charge is 0.496 e. The number of benzene rings is 2. The Kier molecular flexibility index (Phi) is 5.54.